The fourth-order valence-electron chi connectivity index (χ4n) is 4.41. The topological polar surface area (TPSA) is 70.3 Å². The van der Waals surface area contributed by atoms with Crippen LogP contribution in [0.25, 0.3) is 10.9 Å². The first-order chi connectivity index (χ1) is 15.0. The van der Waals surface area contributed by atoms with Crippen molar-refractivity contribution in [3.63, 3.8) is 0 Å². The van der Waals surface area contributed by atoms with Crippen LogP contribution in [-0.4, -0.2) is 24.6 Å². The first-order valence-electron chi connectivity index (χ1n) is 11.1. The summed E-state index contributed by atoms with van der Waals surface area (Å²) in [6.45, 7) is 12.4. The van der Waals surface area contributed by atoms with Crippen LogP contribution >= 0.6 is 0 Å². The second kappa shape index (κ2) is 8.16. The van der Waals surface area contributed by atoms with Crippen molar-refractivity contribution in [1.29, 1.82) is 0 Å². The van der Waals surface area contributed by atoms with E-state index in [-0.39, 0.29) is 11.0 Å². The van der Waals surface area contributed by atoms with E-state index in [1.165, 1.54) is 5.56 Å². The zero-order valence-corrected chi connectivity index (χ0v) is 20.5. The van der Waals surface area contributed by atoms with Gasteiger partial charge in [-0.3, -0.25) is 9.36 Å². The van der Waals surface area contributed by atoms with Crippen LogP contribution in [0.3, 0.4) is 0 Å². The van der Waals surface area contributed by atoms with Gasteiger partial charge in [0.1, 0.15) is 21.9 Å². The van der Waals surface area contributed by atoms with E-state index in [2.05, 4.69) is 23.5 Å². The molecule has 0 aliphatic carbocycles. The zero-order valence-electron chi connectivity index (χ0n) is 19.7. The lowest BCUT2D eigenvalue weighted by atomic mass is 9.81. The van der Waals surface area contributed by atoms with Gasteiger partial charge in [-0.25, -0.2) is 4.98 Å². The van der Waals surface area contributed by atoms with E-state index < -0.39 is 16.1 Å². The van der Waals surface area contributed by atoms with Gasteiger partial charge >= 0.3 is 0 Å². The molecular formula is C26H31N3O2S. The molecule has 2 atom stereocenters. The molecule has 0 bridgehead atoms. The van der Waals surface area contributed by atoms with Crippen molar-refractivity contribution in [3.8, 4) is 0 Å². The zero-order chi connectivity index (χ0) is 23.3. The predicted molar refractivity (Wildman–Crippen MR) is 133 cm³/mol. The molecule has 3 aromatic rings. The fourth-order valence-corrected chi connectivity index (χ4v) is 5.03. The second-order valence-corrected chi connectivity index (χ2v) is 12.0. The Labute approximate surface area is 192 Å². The molecule has 0 N–H and O–H groups in total. The first-order valence-corrected chi connectivity index (χ1v) is 12.2. The summed E-state index contributed by atoms with van der Waals surface area (Å²) in [6, 6.07) is 14.3. The number of aromatic nitrogens is 2. The molecule has 0 spiro atoms. The molecule has 1 aliphatic heterocycles. The molecule has 0 fully saturated rings. The van der Waals surface area contributed by atoms with E-state index in [9.17, 15) is 9.35 Å². The summed E-state index contributed by atoms with van der Waals surface area (Å²) in [5, 5.41) is 0.601. The van der Waals surface area contributed by atoms with E-state index in [1.54, 1.807) is 0 Å². The molecule has 4 rings (SSSR count). The van der Waals surface area contributed by atoms with Crippen LogP contribution in [0.2, 0.25) is 0 Å². The number of benzene rings is 2. The summed E-state index contributed by atoms with van der Waals surface area (Å²) in [4.78, 5) is 18.6. The van der Waals surface area contributed by atoms with Crippen LogP contribution in [-0.2, 0) is 29.7 Å². The standard InChI is InChI=1S/C26H31N3O2S/c1-17-14-20(18(2)28-32(31)25(3,4)5)22-21(15-17)23(30)29-13-12-26(6,24(29)27-22)16-19-10-8-7-9-11-19/h7-11,14-15H,12-13,16H2,1-6H3. The predicted octanol–water partition coefficient (Wildman–Crippen LogP) is 4.88. The van der Waals surface area contributed by atoms with Gasteiger partial charge in [0.2, 0.25) is 0 Å². The summed E-state index contributed by atoms with van der Waals surface area (Å²) < 4.78 is 18.5. The van der Waals surface area contributed by atoms with E-state index in [1.807, 2.05) is 69.5 Å². The molecule has 0 amide bonds. The van der Waals surface area contributed by atoms with Crippen LogP contribution in [0.5, 0.6) is 0 Å². The average molecular weight is 450 g/mol. The molecule has 5 nitrogen and oxygen atoms in total. The van der Waals surface area contributed by atoms with E-state index in [0.29, 0.717) is 23.2 Å². The molecule has 0 saturated carbocycles. The smallest absolute Gasteiger partial charge is 0.261 e. The van der Waals surface area contributed by atoms with Gasteiger partial charge in [-0.1, -0.05) is 41.7 Å². The highest BCUT2D eigenvalue weighted by molar-refractivity contribution is 7.91. The minimum atomic E-state index is -1.39. The number of aryl methyl sites for hydroxylation is 1. The Morgan fingerprint density at radius 3 is 2.59 bits per heavy atom. The second-order valence-electron chi connectivity index (χ2n) is 10.1. The maximum atomic E-state index is 13.5. The molecule has 0 saturated heterocycles. The van der Waals surface area contributed by atoms with Crippen LogP contribution < -0.4 is 5.56 Å². The molecule has 2 heterocycles. The fraction of sp³-hybridized carbons (Fsp3) is 0.423. The van der Waals surface area contributed by atoms with Gasteiger partial charge in [-0.2, -0.15) is 0 Å². The first kappa shape index (κ1) is 22.7. The quantitative estimate of drug-likeness (QED) is 0.421. The minimum Gasteiger partial charge on any atom is -0.591 e. The highest BCUT2D eigenvalue weighted by Crippen LogP contribution is 2.36. The third-order valence-electron chi connectivity index (χ3n) is 6.20. The largest absolute Gasteiger partial charge is 0.591 e. The SMILES string of the molecule is CC(=N[S+]([O-])C(C)(C)C)c1cc(C)cc2c(=O)n3c(nc12)C(C)(Cc1ccccc1)CC3. The molecular weight excluding hydrogens is 418 g/mol. The van der Waals surface area contributed by atoms with Crippen molar-refractivity contribution < 1.29 is 4.55 Å². The van der Waals surface area contributed by atoms with Gasteiger partial charge in [0.05, 0.1) is 16.6 Å². The lowest BCUT2D eigenvalue weighted by molar-refractivity contribution is 0.456. The summed E-state index contributed by atoms with van der Waals surface area (Å²) >= 11 is -1.39. The number of hydrogen-bond donors (Lipinski definition) is 0. The summed E-state index contributed by atoms with van der Waals surface area (Å²) in [5.41, 5.74) is 4.06. The van der Waals surface area contributed by atoms with Crippen molar-refractivity contribution in [2.45, 2.75) is 71.1 Å². The lowest BCUT2D eigenvalue weighted by Gasteiger charge is -2.24. The van der Waals surface area contributed by atoms with Crippen LogP contribution in [0, 0.1) is 6.92 Å². The molecule has 32 heavy (non-hydrogen) atoms. The van der Waals surface area contributed by atoms with Gasteiger partial charge < -0.3 is 4.55 Å². The highest BCUT2D eigenvalue weighted by Gasteiger charge is 2.38. The Balaban J connectivity index is 1.89. The van der Waals surface area contributed by atoms with Crippen LogP contribution in [0.15, 0.2) is 51.7 Å². The van der Waals surface area contributed by atoms with Gasteiger partial charge in [-0.05, 0) is 70.7 Å². The number of fused-ring (bicyclic) bond motifs is 2. The molecule has 1 aromatic heterocycles. The molecule has 2 unspecified atom stereocenters. The van der Waals surface area contributed by atoms with E-state index in [4.69, 9.17) is 4.98 Å². The molecule has 2 aromatic carbocycles. The van der Waals surface area contributed by atoms with Crippen molar-refractivity contribution in [2.75, 3.05) is 0 Å². The Hall–Kier alpha value is -2.44. The number of hydrogen-bond acceptors (Lipinski definition) is 4. The maximum absolute atomic E-state index is 13.5. The van der Waals surface area contributed by atoms with Gasteiger partial charge in [-0.15, -0.1) is 0 Å². The van der Waals surface area contributed by atoms with Crippen molar-refractivity contribution >= 4 is 28.0 Å². The summed E-state index contributed by atoms with van der Waals surface area (Å²) in [5.74, 6) is 0.827. The van der Waals surface area contributed by atoms with Gasteiger partial charge in [0.25, 0.3) is 5.56 Å². The maximum Gasteiger partial charge on any atom is 0.261 e. The Morgan fingerprint density at radius 2 is 1.94 bits per heavy atom. The summed E-state index contributed by atoms with van der Waals surface area (Å²) in [7, 11) is 0. The van der Waals surface area contributed by atoms with Crippen molar-refractivity contribution in [1.82, 2.24) is 9.55 Å². The molecule has 0 radical (unpaired) electrons. The molecule has 168 valence electrons. The van der Waals surface area contributed by atoms with Gasteiger partial charge in [0, 0.05) is 17.5 Å². The van der Waals surface area contributed by atoms with Crippen LogP contribution in [0.4, 0.5) is 0 Å². The Kier molecular flexibility index (Phi) is 5.80. The average Bonchev–Trinajstić information content (AvgIpc) is 3.04. The highest BCUT2D eigenvalue weighted by atomic mass is 32.2. The molecule has 1 aliphatic rings. The minimum absolute atomic E-state index is 0.00326. The monoisotopic (exact) mass is 449 g/mol. The Bertz CT molecular complexity index is 1260. The van der Waals surface area contributed by atoms with Crippen molar-refractivity contribution in [2.24, 2.45) is 4.40 Å². The van der Waals surface area contributed by atoms with E-state index in [0.717, 1.165) is 29.8 Å². The normalized spacial score (nSPS) is 19.9. The molecule has 6 heteroatoms. The Morgan fingerprint density at radius 1 is 1.25 bits per heavy atom. The number of nitrogens with zero attached hydrogens (tertiary/aromatic N) is 3. The lowest BCUT2D eigenvalue weighted by Crippen LogP contribution is -2.29. The van der Waals surface area contributed by atoms with E-state index >= 15 is 0 Å². The van der Waals surface area contributed by atoms with Gasteiger partial charge in [0.15, 0.2) is 0 Å². The third kappa shape index (κ3) is 4.14. The summed E-state index contributed by atoms with van der Waals surface area (Å²) in [6.07, 6.45) is 1.70. The van der Waals surface area contributed by atoms with Crippen LogP contribution in [0.1, 0.15) is 63.6 Å². The number of rotatable bonds is 4. The third-order valence-corrected chi connectivity index (χ3v) is 7.69. The van der Waals surface area contributed by atoms with Crippen molar-refractivity contribution in [3.05, 3.63) is 75.3 Å².